The van der Waals surface area contributed by atoms with Gasteiger partial charge in [0.2, 0.25) is 11.8 Å². The highest BCUT2D eigenvalue weighted by atomic mass is 32.1. The molecule has 2 aromatic rings. The van der Waals surface area contributed by atoms with Crippen molar-refractivity contribution < 1.29 is 29.9 Å². The zero-order chi connectivity index (χ0) is 18.1. The van der Waals surface area contributed by atoms with E-state index < -0.39 is 36.0 Å². The Labute approximate surface area is 144 Å². The van der Waals surface area contributed by atoms with Crippen LogP contribution in [0, 0.1) is 0 Å². The summed E-state index contributed by atoms with van der Waals surface area (Å²) in [7, 11) is 0. The third-order valence-electron chi connectivity index (χ3n) is 3.76. The van der Waals surface area contributed by atoms with Gasteiger partial charge in [0, 0.05) is 13.0 Å². The normalized spacial score (nSPS) is 26.4. The lowest BCUT2D eigenvalue weighted by molar-refractivity contribution is -0.0518. The lowest BCUT2D eigenvalue weighted by atomic mass is 10.1. The number of thiazole rings is 1. The zero-order valence-corrected chi connectivity index (χ0v) is 13.8. The van der Waals surface area contributed by atoms with Crippen LogP contribution in [0.3, 0.4) is 0 Å². The summed E-state index contributed by atoms with van der Waals surface area (Å²) in [6.07, 6.45) is -4.66. The van der Waals surface area contributed by atoms with Gasteiger partial charge < -0.3 is 35.6 Å². The van der Waals surface area contributed by atoms with Gasteiger partial charge in [-0.05, 0) is 0 Å². The van der Waals surface area contributed by atoms with Crippen LogP contribution in [0.25, 0.3) is 10.3 Å². The number of nitrogens with two attached hydrogens (primary N) is 1. The predicted molar refractivity (Wildman–Crippen MR) is 86.3 cm³/mol. The minimum atomic E-state index is -1.43. The molecule has 1 fully saturated rings. The lowest BCUT2D eigenvalue weighted by Gasteiger charge is -2.16. The van der Waals surface area contributed by atoms with Crippen LogP contribution in [0.15, 0.2) is 4.79 Å². The predicted octanol–water partition coefficient (Wildman–Crippen LogP) is -2.19. The Bertz CT molecular complexity index is 810. The van der Waals surface area contributed by atoms with Gasteiger partial charge in [-0.15, -0.1) is 0 Å². The van der Waals surface area contributed by atoms with Gasteiger partial charge >= 0.3 is 4.87 Å². The molecule has 6 N–H and O–H groups in total. The standard InChI is InChI=1S/C13H18N4O7S/c14-12-15-9-8(10(16-12)23-3-1-2-18)25-13(22)17(9)11-7(21)6(20)5(4-19)24-11/h5-7,11,18-21H,1-4H2,(H2,14,15,16)/t5-,6-,7-,11-/m1/s1. The monoisotopic (exact) mass is 374 g/mol. The van der Waals surface area contributed by atoms with E-state index in [1.807, 2.05) is 0 Å². The van der Waals surface area contributed by atoms with Crippen LogP contribution in [-0.2, 0) is 4.74 Å². The molecule has 138 valence electrons. The Balaban J connectivity index is 2.05. The maximum Gasteiger partial charge on any atom is 0.311 e. The molecule has 0 spiro atoms. The van der Waals surface area contributed by atoms with Gasteiger partial charge in [-0.3, -0.25) is 9.36 Å². The molecule has 0 aromatic carbocycles. The number of fused-ring (bicyclic) bond motifs is 1. The van der Waals surface area contributed by atoms with Crippen molar-refractivity contribution in [3.8, 4) is 5.88 Å². The second kappa shape index (κ2) is 7.19. The maximum atomic E-state index is 12.4. The van der Waals surface area contributed by atoms with E-state index >= 15 is 0 Å². The van der Waals surface area contributed by atoms with Gasteiger partial charge in [0.1, 0.15) is 23.0 Å². The Kier molecular flexibility index (Phi) is 5.17. The molecule has 11 nitrogen and oxygen atoms in total. The SMILES string of the molecule is Nc1nc(OCCCO)c2sc(=O)n([C@@H]3O[C@H](CO)[C@@H](O)[C@H]3O)c2n1. The quantitative estimate of drug-likeness (QED) is 0.349. The molecular weight excluding hydrogens is 356 g/mol. The van der Waals surface area contributed by atoms with Crippen LogP contribution in [0.1, 0.15) is 12.6 Å². The highest BCUT2D eigenvalue weighted by molar-refractivity contribution is 7.16. The topological polar surface area (TPSA) is 173 Å². The molecule has 4 atom stereocenters. The molecule has 3 rings (SSSR count). The van der Waals surface area contributed by atoms with Gasteiger partial charge in [-0.2, -0.15) is 9.97 Å². The summed E-state index contributed by atoms with van der Waals surface area (Å²) in [6, 6.07) is 0. The molecule has 0 amide bonds. The number of aromatic nitrogens is 3. The molecule has 1 aliphatic rings. The first-order valence-corrected chi connectivity index (χ1v) is 8.34. The van der Waals surface area contributed by atoms with Crippen LogP contribution < -0.4 is 15.3 Å². The third-order valence-corrected chi connectivity index (χ3v) is 4.69. The summed E-state index contributed by atoms with van der Waals surface area (Å²) in [5.74, 6) is -0.0617. The fourth-order valence-electron chi connectivity index (χ4n) is 2.56. The molecule has 3 heterocycles. The van der Waals surface area contributed by atoms with Crippen LogP contribution in [0.4, 0.5) is 5.95 Å². The van der Waals surface area contributed by atoms with Crippen molar-refractivity contribution in [1.82, 2.24) is 14.5 Å². The van der Waals surface area contributed by atoms with E-state index in [-0.39, 0.29) is 30.7 Å². The number of aliphatic hydroxyl groups excluding tert-OH is 4. The summed E-state index contributed by atoms with van der Waals surface area (Å²) in [5.41, 5.74) is 5.76. The van der Waals surface area contributed by atoms with E-state index in [0.717, 1.165) is 15.9 Å². The van der Waals surface area contributed by atoms with Crippen molar-refractivity contribution in [1.29, 1.82) is 0 Å². The lowest BCUT2D eigenvalue weighted by Crippen LogP contribution is -2.34. The fourth-order valence-corrected chi connectivity index (χ4v) is 3.45. The van der Waals surface area contributed by atoms with Crippen LogP contribution in [0.2, 0.25) is 0 Å². The Morgan fingerprint density at radius 3 is 2.68 bits per heavy atom. The summed E-state index contributed by atoms with van der Waals surface area (Å²) < 4.78 is 12.2. The van der Waals surface area contributed by atoms with Crippen LogP contribution >= 0.6 is 11.3 Å². The van der Waals surface area contributed by atoms with Gasteiger partial charge in [-0.1, -0.05) is 11.3 Å². The first-order valence-electron chi connectivity index (χ1n) is 7.52. The van der Waals surface area contributed by atoms with E-state index in [1.54, 1.807) is 0 Å². The molecule has 1 saturated heterocycles. The Morgan fingerprint density at radius 2 is 2.04 bits per heavy atom. The van der Waals surface area contributed by atoms with E-state index in [1.165, 1.54) is 0 Å². The van der Waals surface area contributed by atoms with E-state index in [4.69, 9.17) is 20.3 Å². The maximum absolute atomic E-state index is 12.4. The Morgan fingerprint density at radius 1 is 1.28 bits per heavy atom. The van der Waals surface area contributed by atoms with Crippen molar-refractivity contribution in [2.24, 2.45) is 0 Å². The molecule has 25 heavy (non-hydrogen) atoms. The average molecular weight is 374 g/mol. The number of rotatable bonds is 6. The van der Waals surface area contributed by atoms with Gasteiger partial charge in [-0.25, -0.2) is 0 Å². The van der Waals surface area contributed by atoms with Crippen molar-refractivity contribution in [2.45, 2.75) is 31.0 Å². The smallest absolute Gasteiger partial charge is 0.311 e. The van der Waals surface area contributed by atoms with Gasteiger partial charge in [0.05, 0.1) is 13.2 Å². The largest absolute Gasteiger partial charge is 0.476 e. The minimum Gasteiger partial charge on any atom is -0.476 e. The molecule has 0 saturated carbocycles. The number of nitrogen functional groups attached to an aromatic ring is 1. The summed E-state index contributed by atoms with van der Waals surface area (Å²) in [4.78, 5) is 19.9. The second-order valence-corrected chi connectivity index (χ2v) is 6.39. The van der Waals surface area contributed by atoms with Crippen molar-refractivity contribution in [3.63, 3.8) is 0 Å². The average Bonchev–Trinajstić information content (AvgIpc) is 3.05. The zero-order valence-electron chi connectivity index (χ0n) is 13.0. The molecule has 0 bridgehead atoms. The number of hydrogen-bond donors (Lipinski definition) is 5. The van der Waals surface area contributed by atoms with E-state index in [9.17, 15) is 20.1 Å². The van der Waals surface area contributed by atoms with Gasteiger partial charge in [0.15, 0.2) is 11.9 Å². The number of aliphatic hydroxyl groups is 4. The highest BCUT2D eigenvalue weighted by Gasteiger charge is 2.45. The number of hydrogen-bond acceptors (Lipinski definition) is 11. The van der Waals surface area contributed by atoms with Crippen LogP contribution in [0.5, 0.6) is 5.88 Å². The first kappa shape index (κ1) is 18.0. The van der Waals surface area contributed by atoms with Crippen LogP contribution in [-0.4, -0.2) is 73.1 Å². The molecule has 2 aromatic heterocycles. The molecular formula is C13H18N4O7S. The number of nitrogens with zero attached hydrogens (tertiary/aromatic N) is 3. The van der Waals surface area contributed by atoms with Crippen molar-refractivity contribution in [3.05, 3.63) is 9.67 Å². The molecule has 0 radical (unpaired) electrons. The van der Waals surface area contributed by atoms with Gasteiger partial charge in [0.25, 0.3) is 0 Å². The fraction of sp³-hybridized carbons (Fsp3) is 0.615. The van der Waals surface area contributed by atoms with E-state index in [2.05, 4.69) is 9.97 Å². The first-order chi connectivity index (χ1) is 12.0. The molecule has 1 aliphatic heterocycles. The highest BCUT2D eigenvalue weighted by Crippen LogP contribution is 2.34. The summed E-state index contributed by atoms with van der Waals surface area (Å²) in [6.45, 7) is -0.413. The summed E-state index contributed by atoms with van der Waals surface area (Å²) >= 11 is 0.775. The van der Waals surface area contributed by atoms with E-state index in [0.29, 0.717) is 11.1 Å². The Hall–Kier alpha value is -1.83. The third kappa shape index (κ3) is 3.19. The van der Waals surface area contributed by atoms with Crippen molar-refractivity contribution >= 4 is 27.6 Å². The molecule has 0 unspecified atom stereocenters. The number of anilines is 1. The minimum absolute atomic E-state index is 0.0660. The molecule has 0 aliphatic carbocycles. The second-order valence-electron chi connectivity index (χ2n) is 5.43. The molecule has 12 heteroatoms. The number of ether oxygens (including phenoxy) is 2. The van der Waals surface area contributed by atoms with Crippen molar-refractivity contribution in [2.75, 3.05) is 25.6 Å². The summed E-state index contributed by atoms with van der Waals surface area (Å²) in [5, 5.41) is 38.1.